The molecule has 2 rings (SSSR count). The minimum atomic E-state index is -0.110. The van der Waals surface area contributed by atoms with Gasteiger partial charge in [-0.3, -0.25) is 4.98 Å². The summed E-state index contributed by atoms with van der Waals surface area (Å²) in [7, 11) is 0. The number of hydrogen-bond donors (Lipinski definition) is 1. The largest absolute Gasteiger partial charge is 0.445 e. The van der Waals surface area contributed by atoms with Gasteiger partial charge in [-0.2, -0.15) is 0 Å². The Hall–Kier alpha value is -1.94. The fourth-order valence-electron chi connectivity index (χ4n) is 1.10. The second kappa shape index (κ2) is 4.52. The van der Waals surface area contributed by atoms with Crippen LogP contribution in [0, 0.1) is 0 Å². The van der Waals surface area contributed by atoms with Crippen molar-refractivity contribution < 1.29 is 9.52 Å². The van der Waals surface area contributed by atoms with Crippen molar-refractivity contribution in [3.05, 3.63) is 47.9 Å². The molecule has 4 nitrogen and oxygen atoms in total. The third-order valence-corrected chi connectivity index (χ3v) is 1.82. The summed E-state index contributed by atoms with van der Waals surface area (Å²) in [6.07, 6.45) is 6.65. The Labute approximate surface area is 86.9 Å². The molecule has 0 bridgehead atoms. The first-order chi connectivity index (χ1) is 7.38. The van der Waals surface area contributed by atoms with Gasteiger partial charge in [-0.05, 0) is 18.2 Å². The van der Waals surface area contributed by atoms with E-state index in [1.54, 1.807) is 18.3 Å². The molecule has 0 aliphatic carbocycles. The zero-order chi connectivity index (χ0) is 10.5. The summed E-state index contributed by atoms with van der Waals surface area (Å²) < 4.78 is 5.09. The van der Waals surface area contributed by atoms with E-state index in [0.29, 0.717) is 11.6 Å². The van der Waals surface area contributed by atoms with Crippen molar-refractivity contribution in [3.8, 4) is 0 Å². The summed E-state index contributed by atoms with van der Waals surface area (Å²) >= 11 is 0. The Kier molecular flexibility index (Phi) is 2.90. The molecule has 0 radical (unpaired) electrons. The van der Waals surface area contributed by atoms with Gasteiger partial charge < -0.3 is 9.52 Å². The van der Waals surface area contributed by atoms with Crippen molar-refractivity contribution in [2.75, 3.05) is 0 Å². The smallest absolute Gasteiger partial charge is 0.218 e. The Morgan fingerprint density at radius 3 is 2.93 bits per heavy atom. The fraction of sp³-hybridized carbons (Fsp3) is 0.0909. The van der Waals surface area contributed by atoms with Crippen LogP contribution < -0.4 is 0 Å². The van der Waals surface area contributed by atoms with Crippen LogP contribution in [0.3, 0.4) is 0 Å². The maximum atomic E-state index is 8.78. The predicted octanol–water partition coefficient (Wildman–Crippen LogP) is 1.73. The molecule has 1 N–H and O–H groups in total. The number of hydrogen-bond acceptors (Lipinski definition) is 4. The lowest BCUT2D eigenvalue weighted by atomic mass is 10.3. The van der Waals surface area contributed by atoms with E-state index in [1.807, 2.05) is 18.2 Å². The molecule has 0 unspecified atom stereocenters. The van der Waals surface area contributed by atoms with Crippen LogP contribution >= 0.6 is 0 Å². The van der Waals surface area contributed by atoms with E-state index in [4.69, 9.17) is 9.52 Å². The van der Waals surface area contributed by atoms with Gasteiger partial charge in [0, 0.05) is 12.3 Å². The lowest BCUT2D eigenvalue weighted by Crippen LogP contribution is -1.81. The lowest BCUT2D eigenvalue weighted by Gasteiger charge is -1.88. The highest BCUT2D eigenvalue weighted by Gasteiger charge is 1.98. The number of aliphatic hydroxyl groups is 1. The lowest BCUT2D eigenvalue weighted by molar-refractivity contribution is 0.276. The Morgan fingerprint density at radius 1 is 1.33 bits per heavy atom. The molecule has 0 saturated heterocycles. The van der Waals surface area contributed by atoms with Gasteiger partial charge in [0.15, 0.2) is 0 Å². The SMILES string of the molecule is OCc1coc(/C=C/c2ccccn2)n1. The first-order valence-corrected chi connectivity index (χ1v) is 4.53. The van der Waals surface area contributed by atoms with Crippen LogP contribution in [0.25, 0.3) is 12.2 Å². The summed E-state index contributed by atoms with van der Waals surface area (Å²) in [5.74, 6) is 0.463. The molecule has 4 heteroatoms. The molecule has 0 amide bonds. The second-order valence-corrected chi connectivity index (χ2v) is 2.92. The molecule has 0 atom stereocenters. The topological polar surface area (TPSA) is 59.2 Å². The zero-order valence-electron chi connectivity index (χ0n) is 8.00. The van der Waals surface area contributed by atoms with E-state index >= 15 is 0 Å². The molecule has 0 aromatic carbocycles. The average Bonchev–Trinajstić information content (AvgIpc) is 2.76. The highest BCUT2D eigenvalue weighted by Crippen LogP contribution is 2.06. The summed E-state index contributed by atoms with van der Waals surface area (Å²) in [6, 6.07) is 5.64. The van der Waals surface area contributed by atoms with Crippen molar-refractivity contribution in [1.82, 2.24) is 9.97 Å². The average molecular weight is 202 g/mol. The summed E-state index contributed by atoms with van der Waals surface area (Å²) in [5.41, 5.74) is 1.36. The van der Waals surface area contributed by atoms with Crippen LogP contribution in [0.2, 0.25) is 0 Å². The molecule has 2 aromatic rings. The van der Waals surface area contributed by atoms with E-state index in [9.17, 15) is 0 Å². The molecule has 0 aliphatic rings. The van der Waals surface area contributed by atoms with E-state index in [0.717, 1.165) is 5.69 Å². The van der Waals surface area contributed by atoms with E-state index < -0.39 is 0 Å². The van der Waals surface area contributed by atoms with Crippen molar-refractivity contribution in [3.63, 3.8) is 0 Å². The van der Waals surface area contributed by atoms with Gasteiger partial charge in [0.05, 0.1) is 12.3 Å². The van der Waals surface area contributed by atoms with Crippen molar-refractivity contribution in [2.45, 2.75) is 6.61 Å². The van der Waals surface area contributed by atoms with Crippen molar-refractivity contribution in [1.29, 1.82) is 0 Å². The van der Waals surface area contributed by atoms with Crippen LogP contribution in [0.15, 0.2) is 35.1 Å². The molecule has 2 aromatic heterocycles. The molecular formula is C11H10N2O2. The minimum absolute atomic E-state index is 0.110. The predicted molar refractivity (Wildman–Crippen MR) is 55.6 cm³/mol. The van der Waals surface area contributed by atoms with Crippen LogP contribution in [0.1, 0.15) is 17.3 Å². The number of oxazole rings is 1. The van der Waals surface area contributed by atoms with Gasteiger partial charge in [-0.1, -0.05) is 6.07 Å². The van der Waals surface area contributed by atoms with Gasteiger partial charge in [0.25, 0.3) is 0 Å². The highest BCUT2D eigenvalue weighted by molar-refractivity contribution is 5.63. The summed E-state index contributed by atoms with van der Waals surface area (Å²) in [4.78, 5) is 8.13. The van der Waals surface area contributed by atoms with Crippen molar-refractivity contribution in [2.24, 2.45) is 0 Å². The minimum Gasteiger partial charge on any atom is -0.445 e. The monoisotopic (exact) mass is 202 g/mol. The molecule has 0 aliphatic heterocycles. The normalized spacial score (nSPS) is 11.0. The van der Waals surface area contributed by atoms with Gasteiger partial charge in [-0.25, -0.2) is 4.98 Å². The summed E-state index contributed by atoms with van der Waals surface area (Å²) in [5, 5.41) is 8.78. The molecule has 2 heterocycles. The Bertz CT molecular complexity index is 449. The fourth-order valence-corrected chi connectivity index (χ4v) is 1.10. The van der Waals surface area contributed by atoms with E-state index in [2.05, 4.69) is 9.97 Å². The molecule has 0 saturated carbocycles. The van der Waals surface area contributed by atoms with Gasteiger partial charge in [0.2, 0.25) is 5.89 Å². The third-order valence-electron chi connectivity index (χ3n) is 1.82. The first kappa shape index (κ1) is 9.61. The number of pyridine rings is 1. The quantitative estimate of drug-likeness (QED) is 0.823. The maximum Gasteiger partial charge on any atom is 0.218 e. The number of aliphatic hydroxyl groups excluding tert-OH is 1. The number of nitrogens with zero attached hydrogens (tertiary/aromatic N) is 2. The van der Waals surface area contributed by atoms with Gasteiger partial charge in [-0.15, -0.1) is 0 Å². The second-order valence-electron chi connectivity index (χ2n) is 2.92. The van der Waals surface area contributed by atoms with Crippen molar-refractivity contribution >= 4 is 12.2 Å². The molecule has 0 fully saturated rings. The molecule has 76 valence electrons. The summed E-state index contributed by atoms with van der Waals surface area (Å²) in [6.45, 7) is -0.110. The van der Waals surface area contributed by atoms with Gasteiger partial charge in [0.1, 0.15) is 12.0 Å². The van der Waals surface area contributed by atoms with Crippen LogP contribution in [-0.2, 0) is 6.61 Å². The molecular weight excluding hydrogens is 192 g/mol. The van der Waals surface area contributed by atoms with Crippen LogP contribution in [0.4, 0.5) is 0 Å². The van der Waals surface area contributed by atoms with E-state index in [-0.39, 0.29) is 6.61 Å². The van der Waals surface area contributed by atoms with Crippen LogP contribution in [-0.4, -0.2) is 15.1 Å². The first-order valence-electron chi connectivity index (χ1n) is 4.53. The highest BCUT2D eigenvalue weighted by atomic mass is 16.3. The number of rotatable bonds is 3. The Morgan fingerprint density at radius 2 is 2.27 bits per heavy atom. The zero-order valence-corrected chi connectivity index (χ0v) is 8.00. The maximum absolute atomic E-state index is 8.78. The molecule has 0 spiro atoms. The van der Waals surface area contributed by atoms with Gasteiger partial charge >= 0.3 is 0 Å². The third kappa shape index (κ3) is 2.51. The molecule has 15 heavy (non-hydrogen) atoms. The number of aromatic nitrogens is 2. The van der Waals surface area contributed by atoms with Crippen LogP contribution in [0.5, 0.6) is 0 Å². The standard InChI is InChI=1S/C11H10N2O2/c14-7-10-8-15-11(13-10)5-4-9-3-1-2-6-12-9/h1-6,8,14H,7H2/b5-4+. The Balaban J connectivity index is 2.11. The van der Waals surface area contributed by atoms with E-state index in [1.165, 1.54) is 6.26 Å².